The maximum Gasteiger partial charge on any atom is 0.270 e. The number of hydrogen-bond acceptors (Lipinski definition) is 5. The molecule has 1 fully saturated rings. The molecular weight excluding hydrogens is 322 g/mol. The Hall–Kier alpha value is -1.63. The van der Waals surface area contributed by atoms with Crippen molar-refractivity contribution in [1.29, 1.82) is 0 Å². The second kappa shape index (κ2) is 7.09. The summed E-state index contributed by atoms with van der Waals surface area (Å²) in [7, 11) is 0. The van der Waals surface area contributed by atoms with E-state index in [0.29, 0.717) is 22.4 Å². The average molecular weight is 338 g/mol. The van der Waals surface area contributed by atoms with Crippen LogP contribution in [0.4, 0.5) is 10.8 Å². The third-order valence-electron chi connectivity index (χ3n) is 3.37. The zero-order valence-electron chi connectivity index (χ0n) is 11.8. The molecule has 1 aliphatic heterocycles. The minimum Gasteiger partial charge on any atom is -0.376 e. The molecule has 0 saturated carbocycles. The van der Waals surface area contributed by atoms with Crippen LogP contribution in [0.5, 0.6) is 0 Å². The smallest absolute Gasteiger partial charge is 0.270 e. The Balaban J connectivity index is 1.58. The maximum atomic E-state index is 12.1. The lowest BCUT2D eigenvalue weighted by molar-refractivity contribution is 0.0854. The molecule has 2 heterocycles. The van der Waals surface area contributed by atoms with Crippen LogP contribution in [0.15, 0.2) is 29.6 Å². The lowest BCUT2D eigenvalue weighted by atomic mass is 10.2. The molecule has 1 saturated heterocycles. The number of benzene rings is 1. The van der Waals surface area contributed by atoms with E-state index < -0.39 is 0 Å². The summed E-state index contributed by atoms with van der Waals surface area (Å²) in [4.78, 5) is 16.3. The highest BCUT2D eigenvalue weighted by molar-refractivity contribution is 7.14. The molecule has 1 aromatic heterocycles. The van der Waals surface area contributed by atoms with Gasteiger partial charge in [-0.1, -0.05) is 23.7 Å². The first-order chi connectivity index (χ1) is 10.7. The summed E-state index contributed by atoms with van der Waals surface area (Å²) in [6.07, 6.45) is 2.18. The summed E-state index contributed by atoms with van der Waals surface area (Å²) >= 11 is 7.45. The van der Waals surface area contributed by atoms with Crippen molar-refractivity contribution in [2.75, 3.05) is 18.5 Å². The number of anilines is 2. The number of halogens is 1. The SMILES string of the molecule is O=C(NC[C@@H]1CCCO1)c1csc(Nc2ccccc2Cl)n1. The Morgan fingerprint density at radius 1 is 1.45 bits per heavy atom. The first kappa shape index (κ1) is 15.3. The van der Waals surface area contributed by atoms with E-state index in [1.807, 2.05) is 18.2 Å². The lowest BCUT2D eigenvalue weighted by Crippen LogP contribution is -2.31. The summed E-state index contributed by atoms with van der Waals surface area (Å²) in [5, 5.41) is 8.95. The highest BCUT2D eigenvalue weighted by Crippen LogP contribution is 2.26. The summed E-state index contributed by atoms with van der Waals surface area (Å²) in [5.41, 5.74) is 1.17. The van der Waals surface area contributed by atoms with Crippen LogP contribution < -0.4 is 10.6 Å². The minimum absolute atomic E-state index is 0.128. The largest absolute Gasteiger partial charge is 0.376 e. The minimum atomic E-state index is -0.182. The predicted molar refractivity (Wildman–Crippen MR) is 88.2 cm³/mol. The van der Waals surface area contributed by atoms with Gasteiger partial charge in [0.1, 0.15) is 5.69 Å². The van der Waals surface area contributed by atoms with Crippen molar-refractivity contribution >= 4 is 39.7 Å². The Morgan fingerprint density at radius 3 is 3.09 bits per heavy atom. The lowest BCUT2D eigenvalue weighted by Gasteiger charge is -2.09. The summed E-state index contributed by atoms with van der Waals surface area (Å²) < 4.78 is 5.48. The van der Waals surface area contributed by atoms with Gasteiger partial charge in [0, 0.05) is 18.5 Å². The number of amides is 1. The van der Waals surface area contributed by atoms with Crippen molar-refractivity contribution in [3.8, 4) is 0 Å². The molecule has 0 radical (unpaired) electrons. The normalized spacial score (nSPS) is 17.4. The van der Waals surface area contributed by atoms with E-state index in [1.165, 1.54) is 11.3 Å². The van der Waals surface area contributed by atoms with E-state index >= 15 is 0 Å². The van der Waals surface area contributed by atoms with Crippen LogP contribution in [-0.2, 0) is 4.74 Å². The van der Waals surface area contributed by atoms with Crippen LogP contribution in [0.2, 0.25) is 5.02 Å². The Labute approximate surface area is 137 Å². The molecule has 0 unspecified atom stereocenters. The average Bonchev–Trinajstić information content (AvgIpc) is 3.19. The fourth-order valence-electron chi connectivity index (χ4n) is 2.22. The van der Waals surface area contributed by atoms with E-state index in [2.05, 4.69) is 15.6 Å². The van der Waals surface area contributed by atoms with Crippen LogP contribution in [0, 0.1) is 0 Å². The zero-order valence-corrected chi connectivity index (χ0v) is 13.4. The third kappa shape index (κ3) is 3.76. The summed E-state index contributed by atoms with van der Waals surface area (Å²) in [5.74, 6) is -0.182. The zero-order chi connectivity index (χ0) is 15.4. The Kier molecular flexibility index (Phi) is 4.92. The number of carbonyl (C=O) groups is 1. The maximum absolute atomic E-state index is 12.1. The van der Waals surface area contributed by atoms with Crippen molar-refractivity contribution < 1.29 is 9.53 Å². The van der Waals surface area contributed by atoms with Gasteiger partial charge in [-0.2, -0.15) is 0 Å². The number of hydrogen-bond donors (Lipinski definition) is 2. The van der Waals surface area contributed by atoms with Crippen molar-refractivity contribution in [2.45, 2.75) is 18.9 Å². The van der Waals surface area contributed by atoms with E-state index in [-0.39, 0.29) is 12.0 Å². The van der Waals surface area contributed by atoms with Crippen molar-refractivity contribution in [3.63, 3.8) is 0 Å². The van der Waals surface area contributed by atoms with Crippen molar-refractivity contribution in [3.05, 3.63) is 40.4 Å². The molecule has 1 aromatic carbocycles. The number of ether oxygens (including phenoxy) is 1. The van der Waals surface area contributed by atoms with Crippen LogP contribution in [0.1, 0.15) is 23.3 Å². The molecule has 0 bridgehead atoms. The van der Waals surface area contributed by atoms with Gasteiger partial charge >= 0.3 is 0 Å². The molecule has 3 rings (SSSR count). The molecule has 116 valence electrons. The number of carbonyl (C=O) groups excluding carboxylic acids is 1. The molecule has 1 amide bonds. The van der Waals surface area contributed by atoms with E-state index in [4.69, 9.17) is 16.3 Å². The molecule has 22 heavy (non-hydrogen) atoms. The quantitative estimate of drug-likeness (QED) is 0.877. The summed E-state index contributed by atoms with van der Waals surface area (Å²) in [6, 6.07) is 7.41. The van der Waals surface area contributed by atoms with E-state index in [9.17, 15) is 4.79 Å². The van der Waals surface area contributed by atoms with Gasteiger partial charge < -0.3 is 15.4 Å². The van der Waals surface area contributed by atoms with Gasteiger partial charge in [-0.05, 0) is 25.0 Å². The Morgan fingerprint density at radius 2 is 2.32 bits per heavy atom. The second-order valence-corrected chi connectivity index (χ2v) is 6.25. The van der Waals surface area contributed by atoms with Crippen LogP contribution in [0.3, 0.4) is 0 Å². The molecule has 5 nitrogen and oxygen atoms in total. The first-order valence-corrected chi connectivity index (χ1v) is 8.35. The van der Waals surface area contributed by atoms with Crippen LogP contribution >= 0.6 is 22.9 Å². The van der Waals surface area contributed by atoms with Gasteiger partial charge in [0.25, 0.3) is 5.91 Å². The molecule has 2 N–H and O–H groups in total. The van der Waals surface area contributed by atoms with Crippen LogP contribution in [0.25, 0.3) is 0 Å². The van der Waals surface area contributed by atoms with E-state index in [1.54, 1.807) is 11.4 Å². The highest BCUT2D eigenvalue weighted by atomic mass is 35.5. The molecule has 0 spiro atoms. The van der Waals surface area contributed by atoms with Gasteiger partial charge in [-0.3, -0.25) is 4.79 Å². The van der Waals surface area contributed by atoms with Gasteiger partial charge in [0.15, 0.2) is 5.13 Å². The first-order valence-electron chi connectivity index (χ1n) is 7.09. The monoisotopic (exact) mass is 337 g/mol. The fourth-order valence-corrected chi connectivity index (χ4v) is 3.10. The van der Waals surface area contributed by atoms with Gasteiger partial charge in [-0.25, -0.2) is 4.98 Å². The molecule has 1 aliphatic rings. The number of thiazole rings is 1. The molecule has 7 heteroatoms. The Bertz CT molecular complexity index is 656. The molecular formula is C15H16ClN3O2S. The number of aromatic nitrogens is 1. The number of nitrogens with one attached hydrogen (secondary N) is 2. The van der Waals surface area contributed by atoms with Crippen LogP contribution in [-0.4, -0.2) is 30.1 Å². The van der Waals surface area contributed by atoms with Crippen molar-refractivity contribution in [2.24, 2.45) is 0 Å². The van der Waals surface area contributed by atoms with Gasteiger partial charge in [0.05, 0.1) is 16.8 Å². The van der Waals surface area contributed by atoms with E-state index in [0.717, 1.165) is 25.1 Å². The standard InChI is InChI=1S/C15H16ClN3O2S/c16-11-5-1-2-6-12(11)18-15-19-13(9-22-15)14(20)17-8-10-4-3-7-21-10/h1-2,5-6,9-10H,3-4,7-8H2,(H,17,20)(H,18,19)/t10-/m0/s1. The predicted octanol–water partition coefficient (Wildman–Crippen LogP) is 3.45. The summed E-state index contributed by atoms with van der Waals surface area (Å²) in [6.45, 7) is 1.31. The number of rotatable bonds is 5. The van der Waals surface area contributed by atoms with Gasteiger partial charge in [0.2, 0.25) is 0 Å². The topological polar surface area (TPSA) is 63.2 Å². The number of nitrogens with zero attached hydrogens (tertiary/aromatic N) is 1. The fraction of sp³-hybridized carbons (Fsp3) is 0.333. The third-order valence-corrected chi connectivity index (χ3v) is 4.45. The number of para-hydroxylation sites is 1. The highest BCUT2D eigenvalue weighted by Gasteiger charge is 2.18. The molecule has 0 aliphatic carbocycles. The second-order valence-electron chi connectivity index (χ2n) is 4.99. The molecule has 1 atom stereocenters. The van der Waals surface area contributed by atoms with Gasteiger partial charge in [-0.15, -0.1) is 11.3 Å². The van der Waals surface area contributed by atoms with Crippen molar-refractivity contribution in [1.82, 2.24) is 10.3 Å². The molecule has 2 aromatic rings.